The molecule has 19 heavy (non-hydrogen) atoms. The number of rotatable bonds is 3. The van der Waals surface area contributed by atoms with Crippen LogP contribution in [0, 0.1) is 11.2 Å². The van der Waals surface area contributed by atoms with E-state index >= 15 is 0 Å². The lowest BCUT2D eigenvalue weighted by molar-refractivity contribution is 0.217. The van der Waals surface area contributed by atoms with Crippen LogP contribution in [0.1, 0.15) is 19.8 Å². The van der Waals surface area contributed by atoms with Crippen molar-refractivity contribution in [1.29, 1.82) is 0 Å². The zero-order valence-electron chi connectivity index (χ0n) is 11.1. The summed E-state index contributed by atoms with van der Waals surface area (Å²) >= 11 is 0. The lowest BCUT2D eigenvalue weighted by atomic mass is 9.83. The quantitative estimate of drug-likeness (QED) is 0.785. The monoisotopic (exact) mass is 265 g/mol. The molecule has 0 aliphatic carbocycles. The first-order chi connectivity index (χ1) is 9.07. The Morgan fingerprint density at radius 2 is 2.37 bits per heavy atom. The highest BCUT2D eigenvalue weighted by Gasteiger charge is 2.26. The zero-order valence-corrected chi connectivity index (χ0v) is 11.1. The molecule has 0 radical (unpaired) electrons. The average molecular weight is 265 g/mol. The molecule has 0 saturated carbocycles. The second kappa shape index (κ2) is 6.02. The highest BCUT2D eigenvalue weighted by molar-refractivity contribution is 5.89. The second-order valence-corrected chi connectivity index (χ2v) is 5.41. The summed E-state index contributed by atoms with van der Waals surface area (Å²) in [4.78, 5) is 11.7. The summed E-state index contributed by atoms with van der Waals surface area (Å²) in [5, 5.41) is 8.81. The third-order valence-corrected chi connectivity index (χ3v) is 3.44. The smallest absolute Gasteiger partial charge is 0.319 e. The highest BCUT2D eigenvalue weighted by Crippen LogP contribution is 2.24. The second-order valence-electron chi connectivity index (χ2n) is 5.41. The van der Waals surface area contributed by atoms with Gasteiger partial charge in [-0.2, -0.15) is 0 Å². The highest BCUT2D eigenvalue weighted by atomic mass is 19.1. The molecular weight excluding hydrogens is 245 g/mol. The maximum Gasteiger partial charge on any atom is 0.319 e. The van der Waals surface area contributed by atoms with E-state index in [1.54, 1.807) is 12.1 Å². The molecule has 1 atom stereocenters. The molecule has 1 unspecified atom stereocenters. The first-order valence-corrected chi connectivity index (χ1v) is 6.59. The Balaban J connectivity index is 1.81. The minimum absolute atomic E-state index is 0.0948. The molecule has 1 saturated heterocycles. The van der Waals surface area contributed by atoms with Crippen molar-refractivity contribution in [3.63, 3.8) is 0 Å². The Hall–Kier alpha value is -1.62. The molecule has 1 heterocycles. The molecule has 1 aliphatic rings. The Bertz CT molecular complexity index is 444. The molecule has 0 bridgehead atoms. The zero-order chi connectivity index (χ0) is 13.7. The van der Waals surface area contributed by atoms with Crippen LogP contribution in [0.25, 0.3) is 0 Å². The van der Waals surface area contributed by atoms with E-state index in [1.165, 1.54) is 12.1 Å². The van der Waals surface area contributed by atoms with Crippen LogP contribution in [0.3, 0.4) is 0 Å². The number of carbonyl (C=O) groups is 1. The van der Waals surface area contributed by atoms with Gasteiger partial charge in [0.1, 0.15) is 5.82 Å². The van der Waals surface area contributed by atoms with Gasteiger partial charge in [-0.25, -0.2) is 9.18 Å². The van der Waals surface area contributed by atoms with Crippen molar-refractivity contribution in [2.75, 3.05) is 25.0 Å². The fraction of sp³-hybridized carbons (Fsp3) is 0.500. The summed E-state index contributed by atoms with van der Waals surface area (Å²) in [6, 6.07) is 5.57. The van der Waals surface area contributed by atoms with E-state index in [-0.39, 0.29) is 17.3 Å². The summed E-state index contributed by atoms with van der Waals surface area (Å²) in [5.41, 5.74) is 0.557. The predicted octanol–water partition coefficient (Wildman–Crippen LogP) is 2.34. The Morgan fingerprint density at radius 1 is 1.53 bits per heavy atom. The van der Waals surface area contributed by atoms with Crippen LogP contribution in [0.4, 0.5) is 14.9 Å². The SMILES string of the molecule is CC1(CNC(=O)Nc2cccc(F)c2)CCCNC1. The minimum Gasteiger partial charge on any atom is -0.337 e. The standard InChI is InChI=1S/C14H20FN3O/c1-14(6-3-7-16-9-14)10-17-13(19)18-12-5-2-4-11(15)8-12/h2,4-5,8,16H,3,6-7,9-10H2,1H3,(H2,17,18,19). The number of anilines is 1. The molecule has 4 nitrogen and oxygen atoms in total. The van der Waals surface area contributed by atoms with Crippen LogP contribution in [0.2, 0.25) is 0 Å². The number of piperidine rings is 1. The van der Waals surface area contributed by atoms with E-state index in [0.717, 1.165) is 25.9 Å². The predicted molar refractivity (Wildman–Crippen MR) is 73.6 cm³/mol. The van der Waals surface area contributed by atoms with Gasteiger partial charge in [0, 0.05) is 18.8 Å². The van der Waals surface area contributed by atoms with Crippen molar-refractivity contribution in [2.24, 2.45) is 5.41 Å². The van der Waals surface area contributed by atoms with Gasteiger partial charge in [-0.15, -0.1) is 0 Å². The minimum atomic E-state index is -0.360. The number of carbonyl (C=O) groups excluding carboxylic acids is 1. The molecule has 5 heteroatoms. The average Bonchev–Trinajstić information content (AvgIpc) is 2.38. The molecule has 0 aromatic heterocycles. The molecule has 1 fully saturated rings. The van der Waals surface area contributed by atoms with Crippen molar-refractivity contribution in [2.45, 2.75) is 19.8 Å². The van der Waals surface area contributed by atoms with Gasteiger partial charge >= 0.3 is 6.03 Å². The van der Waals surface area contributed by atoms with Gasteiger partial charge in [0.15, 0.2) is 0 Å². The number of amides is 2. The van der Waals surface area contributed by atoms with Crippen molar-refractivity contribution >= 4 is 11.7 Å². The van der Waals surface area contributed by atoms with Crippen molar-refractivity contribution in [3.05, 3.63) is 30.1 Å². The molecule has 1 aromatic rings. The largest absolute Gasteiger partial charge is 0.337 e. The van der Waals surface area contributed by atoms with Crippen molar-refractivity contribution < 1.29 is 9.18 Å². The van der Waals surface area contributed by atoms with Gasteiger partial charge in [-0.3, -0.25) is 0 Å². The van der Waals surface area contributed by atoms with E-state index < -0.39 is 0 Å². The summed E-state index contributed by atoms with van der Waals surface area (Å²) in [6.07, 6.45) is 2.23. The van der Waals surface area contributed by atoms with Crippen LogP contribution in [0.5, 0.6) is 0 Å². The summed E-state index contributed by atoms with van der Waals surface area (Å²) in [5.74, 6) is -0.360. The molecular formula is C14H20FN3O. The van der Waals surface area contributed by atoms with E-state index in [1.807, 2.05) is 0 Å². The number of hydrogen-bond acceptors (Lipinski definition) is 2. The van der Waals surface area contributed by atoms with Crippen LogP contribution in [-0.2, 0) is 0 Å². The molecule has 1 aliphatic heterocycles. The van der Waals surface area contributed by atoms with Gasteiger partial charge in [-0.05, 0) is 43.0 Å². The lowest BCUT2D eigenvalue weighted by Gasteiger charge is -2.34. The van der Waals surface area contributed by atoms with Gasteiger partial charge < -0.3 is 16.0 Å². The number of nitrogens with one attached hydrogen (secondary N) is 3. The fourth-order valence-electron chi connectivity index (χ4n) is 2.30. The van der Waals surface area contributed by atoms with Crippen LogP contribution < -0.4 is 16.0 Å². The molecule has 3 N–H and O–H groups in total. The van der Waals surface area contributed by atoms with Crippen LogP contribution in [-0.4, -0.2) is 25.7 Å². The maximum absolute atomic E-state index is 13.0. The first kappa shape index (κ1) is 13.8. The Morgan fingerprint density at radius 3 is 3.05 bits per heavy atom. The van der Waals surface area contributed by atoms with E-state index in [4.69, 9.17) is 0 Å². The number of halogens is 1. The Kier molecular flexibility index (Phi) is 4.37. The number of hydrogen-bond donors (Lipinski definition) is 3. The van der Waals surface area contributed by atoms with Gasteiger partial charge in [0.2, 0.25) is 0 Å². The van der Waals surface area contributed by atoms with Crippen molar-refractivity contribution in [3.8, 4) is 0 Å². The van der Waals surface area contributed by atoms with Gasteiger partial charge in [0.05, 0.1) is 0 Å². The maximum atomic E-state index is 13.0. The third kappa shape index (κ3) is 4.21. The normalized spacial score (nSPS) is 22.8. The van der Waals surface area contributed by atoms with E-state index in [2.05, 4.69) is 22.9 Å². The fourth-order valence-corrected chi connectivity index (χ4v) is 2.30. The molecule has 104 valence electrons. The summed E-state index contributed by atoms with van der Waals surface area (Å²) in [7, 11) is 0. The number of urea groups is 1. The van der Waals surface area contributed by atoms with Crippen molar-refractivity contribution in [1.82, 2.24) is 10.6 Å². The summed E-state index contributed by atoms with van der Waals surface area (Å²) < 4.78 is 13.0. The number of benzene rings is 1. The van der Waals surface area contributed by atoms with Crippen LogP contribution in [0.15, 0.2) is 24.3 Å². The molecule has 2 rings (SSSR count). The Labute approximate surface area is 112 Å². The lowest BCUT2D eigenvalue weighted by Crippen LogP contribution is -2.46. The van der Waals surface area contributed by atoms with E-state index in [9.17, 15) is 9.18 Å². The van der Waals surface area contributed by atoms with Gasteiger partial charge in [-0.1, -0.05) is 13.0 Å². The van der Waals surface area contributed by atoms with Crippen LogP contribution >= 0.6 is 0 Å². The molecule has 1 aromatic carbocycles. The van der Waals surface area contributed by atoms with Gasteiger partial charge in [0.25, 0.3) is 0 Å². The first-order valence-electron chi connectivity index (χ1n) is 6.59. The topological polar surface area (TPSA) is 53.2 Å². The molecule has 0 spiro atoms. The van der Waals surface area contributed by atoms with E-state index in [0.29, 0.717) is 12.2 Å². The summed E-state index contributed by atoms with van der Waals surface area (Å²) in [6.45, 7) is 4.72. The molecule has 2 amide bonds. The third-order valence-electron chi connectivity index (χ3n) is 3.44.